The highest BCUT2D eigenvalue weighted by Gasteiger charge is 2.36. The number of nitrogens with zero attached hydrogens (tertiary/aromatic N) is 5. The molecule has 2 atom stereocenters. The average Bonchev–Trinajstić information content (AvgIpc) is 3.31. The zero-order valence-corrected chi connectivity index (χ0v) is 19.0. The summed E-state index contributed by atoms with van der Waals surface area (Å²) in [6, 6.07) is 22.9. The number of hydrogen-bond donors (Lipinski definition) is 0. The lowest BCUT2D eigenvalue weighted by Crippen LogP contribution is -2.38. The van der Waals surface area contributed by atoms with Crippen LogP contribution in [0.3, 0.4) is 0 Å². The first kappa shape index (κ1) is 20.6. The molecule has 0 saturated carbocycles. The standard InChI is InChI=1S/C24H21BrFN5O/c1-32-21-11-7-17(8-12-21)23-14-22(18-3-2-4-19(25)13-18)30(24-27-28-29-31(23)24)15-16-5-9-20(26)10-6-16/h2-13,22-23H,14-15H2,1H3/t22-,23-/m0/s1. The van der Waals surface area contributed by atoms with Gasteiger partial charge in [0.2, 0.25) is 5.95 Å². The molecule has 6 nitrogen and oxygen atoms in total. The van der Waals surface area contributed by atoms with Gasteiger partial charge in [0.15, 0.2) is 0 Å². The van der Waals surface area contributed by atoms with Crippen LogP contribution in [-0.2, 0) is 6.54 Å². The number of benzene rings is 3. The minimum absolute atomic E-state index is 0.0284. The largest absolute Gasteiger partial charge is 0.497 e. The Morgan fingerprint density at radius 1 is 1.00 bits per heavy atom. The van der Waals surface area contributed by atoms with E-state index < -0.39 is 0 Å². The molecule has 1 aliphatic heterocycles. The number of aromatic nitrogens is 4. The number of hydrogen-bond acceptors (Lipinski definition) is 5. The van der Waals surface area contributed by atoms with Crippen molar-refractivity contribution in [3.8, 4) is 5.75 Å². The molecule has 0 fully saturated rings. The average molecular weight is 494 g/mol. The van der Waals surface area contributed by atoms with Gasteiger partial charge in [0.25, 0.3) is 0 Å². The molecule has 0 unspecified atom stereocenters. The molecule has 162 valence electrons. The fourth-order valence-electron chi connectivity index (χ4n) is 4.26. The molecule has 1 aromatic heterocycles. The number of rotatable bonds is 5. The van der Waals surface area contributed by atoms with E-state index >= 15 is 0 Å². The zero-order chi connectivity index (χ0) is 22.1. The summed E-state index contributed by atoms with van der Waals surface area (Å²) in [6.07, 6.45) is 0.780. The van der Waals surface area contributed by atoms with Crippen molar-refractivity contribution in [3.63, 3.8) is 0 Å². The summed E-state index contributed by atoms with van der Waals surface area (Å²) in [7, 11) is 1.66. The van der Waals surface area contributed by atoms with Crippen molar-refractivity contribution in [2.45, 2.75) is 25.0 Å². The molecule has 4 aromatic rings. The van der Waals surface area contributed by atoms with Crippen molar-refractivity contribution < 1.29 is 9.13 Å². The Morgan fingerprint density at radius 3 is 2.50 bits per heavy atom. The third-order valence-electron chi connectivity index (χ3n) is 5.85. The number of methoxy groups -OCH3 is 1. The summed E-state index contributed by atoms with van der Waals surface area (Å²) in [5.41, 5.74) is 3.26. The number of ether oxygens (including phenoxy) is 1. The van der Waals surface area contributed by atoms with E-state index in [1.54, 1.807) is 19.2 Å². The number of halogens is 2. The highest BCUT2D eigenvalue weighted by molar-refractivity contribution is 9.10. The Balaban J connectivity index is 1.58. The van der Waals surface area contributed by atoms with Crippen LogP contribution in [-0.4, -0.2) is 27.3 Å². The molecular weight excluding hydrogens is 473 g/mol. The normalized spacial score (nSPS) is 17.8. The van der Waals surface area contributed by atoms with E-state index in [1.807, 2.05) is 28.9 Å². The van der Waals surface area contributed by atoms with Crippen LogP contribution in [0.1, 0.15) is 35.2 Å². The summed E-state index contributed by atoms with van der Waals surface area (Å²) in [6.45, 7) is 0.563. The van der Waals surface area contributed by atoms with Gasteiger partial charge in [0, 0.05) is 11.0 Å². The van der Waals surface area contributed by atoms with Crippen LogP contribution in [0.15, 0.2) is 77.3 Å². The molecule has 0 amide bonds. The van der Waals surface area contributed by atoms with E-state index in [2.05, 4.69) is 60.6 Å². The van der Waals surface area contributed by atoms with Crippen molar-refractivity contribution in [3.05, 3.63) is 99.8 Å². The third kappa shape index (κ3) is 3.98. The Bertz CT molecular complexity index is 1210. The first-order valence-electron chi connectivity index (χ1n) is 10.3. The fourth-order valence-corrected chi connectivity index (χ4v) is 4.68. The monoisotopic (exact) mass is 493 g/mol. The zero-order valence-electron chi connectivity index (χ0n) is 17.4. The van der Waals surface area contributed by atoms with E-state index in [4.69, 9.17) is 4.74 Å². The SMILES string of the molecule is COc1ccc([C@@H]2C[C@@H](c3cccc(Br)c3)N(Cc3ccc(F)cc3)c3nnnn32)cc1. The summed E-state index contributed by atoms with van der Waals surface area (Å²) in [4.78, 5) is 2.19. The number of anilines is 1. The minimum atomic E-state index is -0.250. The van der Waals surface area contributed by atoms with Gasteiger partial charge in [0.1, 0.15) is 11.6 Å². The lowest BCUT2D eigenvalue weighted by molar-refractivity contribution is 0.375. The van der Waals surface area contributed by atoms with Gasteiger partial charge < -0.3 is 9.64 Å². The predicted molar refractivity (Wildman–Crippen MR) is 123 cm³/mol. The summed E-state index contributed by atoms with van der Waals surface area (Å²) >= 11 is 3.60. The molecule has 0 N–H and O–H groups in total. The van der Waals surface area contributed by atoms with Gasteiger partial charge in [-0.05, 0) is 69.9 Å². The first-order chi connectivity index (χ1) is 15.6. The second-order valence-electron chi connectivity index (χ2n) is 7.77. The molecule has 1 aliphatic rings. The second kappa shape index (κ2) is 8.70. The lowest BCUT2D eigenvalue weighted by atomic mass is 9.91. The van der Waals surface area contributed by atoms with Crippen LogP contribution in [0.2, 0.25) is 0 Å². The number of tetrazole rings is 1. The van der Waals surface area contributed by atoms with Crippen molar-refractivity contribution >= 4 is 21.9 Å². The molecule has 0 spiro atoms. The molecule has 2 heterocycles. The van der Waals surface area contributed by atoms with Gasteiger partial charge in [0.05, 0.1) is 19.2 Å². The van der Waals surface area contributed by atoms with Gasteiger partial charge >= 0.3 is 0 Å². The summed E-state index contributed by atoms with van der Waals surface area (Å²) in [5, 5.41) is 12.7. The lowest BCUT2D eigenvalue weighted by Gasteiger charge is -2.40. The van der Waals surface area contributed by atoms with Gasteiger partial charge in [-0.25, -0.2) is 9.07 Å². The van der Waals surface area contributed by atoms with Gasteiger partial charge in [-0.3, -0.25) is 0 Å². The molecular formula is C24H21BrFN5O. The van der Waals surface area contributed by atoms with Gasteiger partial charge in [-0.15, -0.1) is 0 Å². The van der Waals surface area contributed by atoms with Crippen LogP contribution in [0.5, 0.6) is 5.75 Å². The summed E-state index contributed by atoms with van der Waals surface area (Å²) < 4.78 is 21.7. The molecule has 0 aliphatic carbocycles. The van der Waals surface area contributed by atoms with E-state index in [9.17, 15) is 4.39 Å². The van der Waals surface area contributed by atoms with E-state index in [0.29, 0.717) is 12.5 Å². The Hall–Kier alpha value is -3.26. The van der Waals surface area contributed by atoms with Crippen molar-refractivity contribution in [1.29, 1.82) is 0 Å². The molecule has 0 saturated heterocycles. The molecule has 3 aromatic carbocycles. The highest BCUT2D eigenvalue weighted by Crippen LogP contribution is 2.42. The van der Waals surface area contributed by atoms with Crippen LogP contribution < -0.4 is 9.64 Å². The smallest absolute Gasteiger partial charge is 0.246 e. The maximum atomic E-state index is 13.5. The van der Waals surface area contributed by atoms with Crippen LogP contribution in [0.4, 0.5) is 10.3 Å². The maximum absolute atomic E-state index is 13.5. The molecule has 8 heteroatoms. The predicted octanol–water partition coefficient (Wildman–Crippen LogP) is 5.32. The molecule has 5 rings (SSSR count). The van der Waals surface area contributed by atoms with Crippen molar-refractivity contribution in [2.24, 2.45) is 0 Å². The topological polar surface area (TPSA) is 56.1 Å². The Labute approximate surface area is 193 Å². The molecule has 0 radical (unpaired) electrons. The minimum Gasteiger partial charge on any atom is -0.497 e. The fraction of sp³-hybridized carbons (Fsp3) is 0.208. The van der Waals surface area contributed by atoms with Crippen LogP contribution in [0, 0.1) is 5.82 Å². The highest BCUT2D eigenvalue weighted by atomic mass is 79.9. The Morgan fingerprint density at radius 2 is 1.78 bits per heavy atom. The second-order valence-corrected chi connectivity index (χ2v) is 8.69. The van der Waals surface area contributed by atoms with E-state index in [1.165, 1.54) is 12.1 Å². The first-order valence-corrected chi connectivity index (χ1v) is 11.1. The molecule has 0 bridgehead atoms. The Kier molecular flexibility index (Phi) is 5.61. The van der Waals surface area contributed by atoms with E-state index in [0.717, 1.165) is 33.3 Å². The van der Waals surface area contributed by atoms with Crippen LogP contribution >= 0.6 is 15.9 Å². The van der Waals surface area contributed by atoms with E-state index in [-0.39, 0.29) is 17.9 Å². The van der Waals surface area contributed by atoms with Gasteiger partial charge in [-0.2, -0.15) is 0 Å². The van der Waals surface area contributed by atoms with Crippen molar-refractivity contribution in [1.82, 2.24) is 20.2 Å². The van der Waals surface area contributed by atoms with Crippen LogP contribution in [0.25, 0.3) is 0 Å². The maximum Gasteiger partial charge on any atom is 0.246 e. The van der Waals surface area contributed by atoms with Crippen molar-refractivity contribution in [2.75, 3.05) is 12.0 Å². The third-order valence-corrected chi connectivity index (χ3v) is 6.34. The van der Waals surface area contributed by atoms with Gasteiger partial charge in [-0.1, -0.05) is 57.4 Å². The quantitative estimate of drug-likeness (QED) is 0.376. The summed E-state index contributed by atoms with van der Waals surface area (Å²) in [5.74, 6) is 1.25. The number of fused-ring (bicyclic) bond motifs is 1. The molecule has 32 heavy (non-hydrogen) atoms.